The minimum absolute atomic E-state index is 0.898. The average molecular weight is 113 g/mol. The molecule has 0 aliphatic heterocycles. The van der Waals surface area contributed by atoms with Gasteiger partial charge in [-0.3, -0.25) is 0 Å². The molecule has 1 unspecified atom stereocenters. The van der Waals surface area contributed by atoms with Crippen LogP contribution >= 0.6 is 0 Å². The first-order valence-corrected chi connectivity index (χ1v) is 3.62. The largest absolute Gasteiger partial charge is 0.0900 e. The SMILES string of the molecule is CC[CH+]CC(C)CC. The van der Waals surface area contributed by atoms with Crippen molar-refractivity contribution in [2.45, 2.75) is 40.0 Å². The summed E-state index contributed by atoms with van der Waals surface area (Å²) in [5.74, 6) is 0.898. The van der Waals surface area contributed by atoms with Crippen molar-refractivity contribution in [3.05, 3.63) is 6.42 Å². The smallest absolute Gasteiger partial charge is 0.0650 e. The lowest BCUT2D eigenvalue weighted by molar-refractivity contribution is 0.547. The lowest BCUT2D eigenvalue weighted by Crippen LogP contribution is -1.90. The molecule has 0 nitrogen and oxygen atoms in total. The van der Waals surface area contributed by atoms with Crippen LogP contribution < -0.4 is 0 Å². The molecule has 0 radical (unpaired) electrons. The molecule has 0 spiro atoms. The van der Waals surface area contributed by atoms with Gasteiger partial charge in [-0.15, -0.1) is 0 Å². The van der Waals surface area contributed by atoms with Gasteiger partial charge < -0.3 is 0 Å². The predicted octanol–water partition coefficient (Wildman–Crippen LogP) is 3.04. The average Bonchev–Trinajstić information content (AvgIpc) is 1.83. The van der Waals surface area contributed by atoms with Gasteiger partial charge in [-0.05, 0) is 19.3 Å². The molecule has 8 heavy (non-hydrogen) atoms. The Morgan fingerprint density at radius 2 is 2.00 bits per heavy atom. The van der Waals surface area contributed by atoms with Crippen molar-refractivity contribution in [3.63, 3.8) is 0 Å². The highest BCUT2D eigenvalue weighted by Gasteiger charge is 2.01. The van der Waals surface area contributed by atoms with E-state index in [1.165, 1.54) is 19.3 Å². The fourth-order valence-corrected chi connectivity index (χ4v) is 0.618. The van der Waals surface area contributed by atoms with Gasteiger partial charge in [0.15, 0.2) is 0 Å². The van der Waals surface area contributed by atoms with Gasteiger partial charge in [0.2, 0.25) is 0 Å². The van der Waals surface area contributed by atoms with E-state index >= 15 is 0 Å². The van der Waals surface area contributed by atoms with E-state index in [4.69, 9.17) is 0 Å². The Labute approximate surface area is 53.3 Å². The monoisotopic (exact) mass is 113 g/mol. The van der Waals surface area contributed by atoms with Gasteiger partial charge in [0.1, 0.15) is 0 Å². The minimum atomic E-state index is 0.898. The van der Waals surface area contributed by atoms with E-state index in [9.17, 15) is 0 Å². The summed E-state index contributed by atoms with van der Waals surface area (Å²) in [5, 5.41) is 0. The van der Waals surface area contributed by atoms with Crippen LogP contribution in [0.15, 0.2) is 0 Å². The van der Waals surface area contributed by atoms with E-state index in [2.05, 4.69) is 27.2 Å². The van der Waals surface area contributed by atoms with Gasteiger partial charge in [-0.2, -0.15) is 0 Å². The van der Waals surface area contributed by atoms with Gasteiger partial charge >= 0.3 is 0 Å². The van der Waals surface area contributed by atoms with Crippen LogP contribution in [-0.2, 0) is 0 Å². The maximum atomic E-state index is 2.36. The second kappa shape index (κ2) is 5.02. The predicted molar refractivity (Wildman–Crippen MR) is 38.7 cm³/mol. The topological polar surface area (TPSA) is 0 Å². The molecule has 0 rings (SSSR count). The summed E-state index contributed by atoms with van der Waals surface area (Å²) in [6, 6.07) is 0. The van der Waals surface area contributed by atoms with E-state index in [-0.39, 0.29) is 0 Å². The van der Waals surface area contributed by atoms with Crippen LogP contribution in [0.1, 0.15) is 40.0 Å². The molecule has 0 bridgehead atoms. The lowest BCUT2D eigenvalue weighted by Gasteiger charge is -1.98. The first kappa shape index (κ1) is 7.87. The zero-order valence-electron chi connectivity index (χ0n) is 6.28. The van der Waals surface area contributed by atoms with Crippen molar-refractivity contribution in [1.82, 2.24) is 0 Å². The molecule has 0 N–H and O–H groups in total. The van der Waals surface area contributed by atoms with Crippen LogP contribution in [0.2, 0.25) is 0 Å². The lowest BCUT2D eigenvalue weighted by atomic mass is 10.0. The van der Waals surface area contributed by atoms with Crippen molar-refractivity contribution in [3.8, 4) is 0 Å². The fraction of sp³-hybridized carbons (Fsp3) is 0.875. The second-order valence-electron chi connectivity index (χ2n) is 2.45. The van der Waals surface area contributed by atoms with Crippen molar-refractivity contribution in [1.29, 1.82) is 0 Å². The third-order valence-corrected chi connectivity index (χ3v) is 1.55. The second-order valence-corrected chi connectivity index (χ2v) is 2.45. The molecule has 0 aromatic heterocycles. The van der Waals surface area contributed by atoms with Crippen LogP contribution in [0.5, 0.6) is 0 Å². The van der Waals surface area contributed by atoms with E-state index < -0.39 is 0 Å². The fourth-order valence-electron chi connectivity index (χ4n) is 0.618. The van der Waals surface area contributed by atoms with Gasteiger partial charge in [0, 0.05) is 0 Å². The summed E-state index contributed by atoms with van der Waals surface area (Å²) >= 11 is 0. The maximum Gasteiger partial charge on any atom is 0.0900 e. The van der Waals surface area contributed by atoms with Crippen molar-refractivity contribution >= 4 is 0 Å². The van der Waals surface area contributed by atoms with Gasteiger partial charge in [-0.25, -0.2) is 0 Å². The van der Waals surface area contributed by atoms with E-state index in [1.807, 2.05) is 0 Å². The third-order valence-electron chi connectivity index (χ3n) is 1.55. The molecule has 0 aliphatic carbocycles. The summed E-state index contributed by atoms with van der Waals surface area (Å²) in [6.07, 6.45) is 6.20. The first-order chi connectivity index (χ1) is 3.81. The van der Waals surface area contributed by atoms with E-state index in [0.717, 1.165) is 5.92 Å². The molecule has 0 fully saturated rings. The minimum Gasteiger partial charge on any atom is -0.0650 e. The van der Waals surface area contributed by atoms with E-state index in [0.29, 0.717) is 0 Å². The third kappa shape index (κ3) is 4.04. The zero-order chi connectivity index (χ0) is 6.41. The molecule has 1 atom stereocenters. The highest BCUT2D eigenvalue weighted by atomic mass is 14.0. The number of hydrogen-bond acceptors (Lipinski definition) is 0. The van der Waals surface area contributed by atoms with Gasteiger partial charge in [0.05, 0.1) is 19.3 Å². The molecular weight excluding hydrogens is 96.1 g/mol. The maximum absolute atomic E-state index is 2.36. The molecule has 0 amide bonds. The summed E-state index contributed by atoms with van der Waals surface area (Å²) < 4.78 is 0. The summed E-state index contributed by atoms with van der Waals surface area (Å²) in [7, 11) is 0. The highest BCUT2D eigenvalue weighted by Crippen LogP contribution is 2.08. The number of hydrogen-bond donors (Lipinski definition) is 0. The van der Waals surface area contributed by atoms with Gasteiger partial charge in [-0.1, -0.05) is 13.8 Å². The standard InChI is InChI=1S/C8H17/c1-4-6-7-8(3)5-2/h6,8H,4-5,7H2,1-3H3/q+1. The molecule has 0 heteroatoms. The molecule has 0 aromatic carbocycles. The normalized spacial score (nSPS) is 13.4. The quantitative estimate of drug-likeness (QED) is 0.491. The van der Waals surface area contributed by atoms with Crippen LogP contribution in [0, 0.1) is 12.3 Å². The Morgan fingerprint density at radius 1 is 1.38 bits per heavy atom. The van der Waals surface area contributed by atoms with Crippen LogP contribution in [0.4, 0.5) is 0 Å². The Hall–Kier alpha value is -0.130. The van der Waals surface area contributed by atoms with Crippen LogP contribution in [-0.4, -0.2) is 0 Å². The summed E-state index contributed by atoms with van der Waals surface area (Å²) in [6.45, 7) is 6.74. The molecule has 0 aliphatic rings. The van der Waals surface area contributed by atoms with E-state index in [1.54, 1.807) is 0 Å². The van der Waals surface area contributed by atoms with Crippen molar-refractivity contribution < 1.29 is 0 Å². The highest BCUT2D eigenvalue weighted by molar-refractivity contribution is 4.64. The Kier molecular flexibility index (Phi) is 4.93. The Bertz CT molecular complexity index is 39.3. The molecule has 0 saturated heterocycles. The molecule has 48 valence electrons. The summed E-state index contributed by atoms with van der Waals surface area (Å²) in [4.78, 5) is 0. The Morgan fingerprint density at radius 3 is 2.38 bits per heavy atom. The van der Waals surface area contributed by atoms with Gasteiger partial charge in [0.25, 0.3) is 0 Å². The summed E-state index contributed by atoms with van der Waals surface area (Å²) in [5.41, 5.74) is 0. The van der Waals surface area contributed by atoms with Crippen molar-refractivity contribution in [2.24, 2.45) is 5.92 Å². The molecule has 0 aromatic rings. The molecule has 0 heterocycles. The first-order valence-electron chi connectivity index (χ1n) is 3.62. The molecule has 0 saturated carbocycles. The Balaban J connectivity index is 2.86. The van der Waals surface area contributed by atoms with Crippen molar-refractivity contribution in [2.75, 3.05) is 0 Å². The van der Waals surface area contributed by atoms with Crippen LogP contribution in [0.25, 0.3) is 0 Å². The van der Waals surface area contributed by atoms with Crippen LogP contribution in [0.3, 0.4) is 0 Å². The molecular formula is C8H17+. The number of rotatable bonds is 4. The zero-order valence-corrected chi connectivity index (χ0v) is 6.28. The number of unbranched alkanes of at least 4 members (excludes halogenated alkanes) is 1.